The van der Waals surface area contributed by atoms with Crippen LogP contribution in [0.2, 0.25) is 0 Å². The lowest BCUT2D eigenvalue weighted by Crippen LogP contribution is -2.56. The second kappa shape index (κ2) is 7.19. The predicted molar refractivity (Wildman–Crippen MR) is 119 cm³/mol. The Morgan fingerprint density at radius 2 is 1.71 bits per heavy atom. The Morgan fingerprint density at radius 1 is 1.10 bits per heavy atom. The van der Waals surface area contributed by atoms with Crippen LogP contribution in [0.25, 0.3) is 10.9 Å². The predicted octanol–water partition coefficient (Wildman–Crippen LogP) is 3.14. The Labute approximate surface area is 182 Å². The maximum absolute atomic E-state index is 13.3. The van der Waals surface area contributed by atoms with Gasteiger partial charge in [0.2, 0.25) is 0 Å². The smallest absolute Gasteiger partial charge is 0.402 e. The highest BCUT2D eigenvalue weighted by atomic mass is 32.2. The minimum absolute atomic E-state index is 0.124. The maximum Gasteiger partial charge on any atom is 0.494 e. The van der Waals surface area contributed by atoms with Gasteiger partial charge in [0.15, 0.2) is 0 Å². The molecular weight excluding hydrogens is 413 g/mol. The third kappa shape index (κ3) is 3.99. The zero-order valence-corrected chi connectivity index (χ0v) is 19.0. The molecule has 3 aromatic rings. The van der Waals surface area contributed by atoms with Crippen LogP contribution in [0.3, 0.4) is 0 Å². The Balaban J connectivity index is 1.88. The van der Waals surface area contributed by atoms with E-state index in [1.54, 1.807) is 36.4 Å². The molecule has 0 unspecified atom stereocenters. The van der Waals surface area contributed by atoms with Crippen LogP contribution in [-0.4, -0.2) is 35.9 Å². The van der Waals surface area contributed by atoms with Gasteiger partial charge in [-0.1, -0.05) is 17.7 Å². The molecule has 160 valence electrons. The number of aryl methyl sites for hydroxylation is 1. The first-order valence-corrected chi connectivity index (χ1v) is 11.5. The molecule has 1 aromatic heterocycles. The van der Waals surface area contributed by atoms with Crippen LogP contribution >= 0.6 is 0 Å². The van der Waals surface area contributed by atoms with E-state index in [0.717, 1.165) is 9.65 Å². The zero-order chi connectivity index (χ0) is 22.6. The largest absolute Gasteiger partial charge is 0.494 e. The molecule has 1 aliphatic heterocycles. The molecule has 0 amide bonds. The summed E-state index contributed by atoms with van der Waals surface area (Å²) in [5.41, 5.74) is 1.26. The van der Waals surface area contributed by atoms with Gasteiger partial charge in [-0.3, -0.25) is 0 Å². The summed E-state index contributed by atoms with van der Waals surface area (Å²) >= 11 is 0. The van der Waals surface area contributed by atoms with Gasteiger partial charge in [-0.05, 0) is 64.3 Å². The standard InChI is InChI=1S/C22H24BN3O4S/c1-15-6-8-18(9-7-15)31(27,28)26-20-11-17(10-16(12-24)19(20)13-25-26)23-29-21(2,3)14-22(4,5)30-23/h6-11,13H,14H2,1-5H3. The highest BCUT2D eigenvalue weighted by molar-refractivity contribution is 7.90. The zero-order valence-electron chi connectivity index (χ0n) is 18.2. The van der Waals surface area contributed by atoms with Crippen molar-refractivity contribution < 1.29 is 17.7 Å². The Bertz CT molecular complexity index is 1290. The Hall–Kier alpha value is -2.67. The van der Waals surface area contributed by atoms with E-state index in [4.69, 9.17) is 9.31 Å². The lowest BCUT2D eigenvalue weighted by atomic mass is 9.72. The number of nitrogens with zero attached hydrogens (tertiary/aromatic N) is 3. The highest BCUT2D eigenvalue weighted by Crippen LogP contribution is 2.33. The van der Waals surface area contributed by atoms with Crippen molar-refractivity contribution in [2.45, 2.75) is 57.1 Å². The molecule has 0 bridgehead atoms. The first-order valence-electron chi connectivity index (χ1n) is 10.0. The van der Waals surface area contributed by atoms with E-state index in [0.29, 0.717) is 28.4 Å². The molecule has 1 saturated heterocycles. The molecule has 2 aromatic carbocycles. The molecule has 1 aliphatic rings. The molecule has 0 N–H and O–H groups in total. The molecule has 4 rings (SSSR count). The van der Waals surface area contributed by atoms with Crippen molar-refractivity contribution >= 4 is 33.5 Å². The van der Waals surface area contributed by atoms with Gasteiger partial charge in [-0.15, -0.1) is 0 Å². The van der Waals surface area contributed by atoms with Crippen LogP contribution in [0.15, 0.2) is 47.5 Å². The molecule has 7 nitrogen and oxygen atoms in total. The van der Waals surface area contributed by atoms with Crippen molar-refractivity contribution in [3.63, 3.8) is 0 Å². The first-order chi connectivity index (χ1) is 14.4. The second-order valence-electron chi connectivity index (χ2n) is 9.18. The fourth-order valence-corrected chi connectivity index (χ4v) is 5.47. The van der Waals surface area contributed by atoms with Crippen molar-refractivity contribution in [3.05, 3.63) is 53.7 Å². The van der Waals surface area contributed by atoms with Crippen LogP contribution in [0.1, 0.15) is 45.2 Å². The van der Waals surface area contributed by atoms with Crippen LogP contribution in [-0.2, 0) is 19.3 Å². The number of hydrogen-bond acceptors (Lipinski definition) is 6. The quantitative estimate of drug-likeness (QED) is 0.585. The van der Waals surface area contributed by atoms with Gasteiger partial charge in [0.05, 0.1) is 39.4 Å². The minimum atomic E-state index is -3.94. The molecule has 0 saturated carbocycles. The molecule has 1 fully saturated rings. The lowest BCUT2D eigenvalue weighted by molar-refractivity contribution is -0.0716. The number of benzene rings is 2. The Morgan fingerprint density at radius 3 is 2.29 bits per heavy atom. The highest BCUT2D eigenvalue weighted by Gasteiger charge is 2.44. The van der Waals surface area contributed by atoms with Gasteiger partial charge in [0.25, 0.3) is 10.0 Å². The summed E-state index contributed by atoms with van der Waals surface area (Å²) in [4.78, 5) is 0.124. The number of aromatic nitrogens is 2. The monoisotopic (exact) mass is 437 g/mol. The van der Waals surface area contributed by atoms with E-state index < -0.39 is 28.3 Å². The summed E-state index contributed by atoms with van der Waals surface area (Å²) in [6.07, 6.45) is 2.10. The van der Waals surface area contributed by atoms with E-state index >= 15 is 0 Å². The molecular formula is C22H24BN3O4S. The second-order valence-corrected chi connectivity index (χ2v) is 10.9. The van der Waals surface area contributed by atoms with Crippen molar-refractivity contribution in [3.8, 4) is 6.07 Å². The van der Waals surface area contributed by atoms with Crippen molar-refractivity contribution in [2.75, 3.05) is 0 Å². The van der Waals surface area contributed by atoms with Gasteiger partial charge in [0, 0.05) is 11.8 Å². The van der Waals surface area contributed by atoms with E-state index in [1.165, 1.54) is 6.20 Å². The van der Waals surface area contributed by atoms with E-state index in [-0.39, 0.29) is 4.90 Å². The van der Waals surface area contributed by atoms with Gasteiger partial charge in [-0.2, -0.15) is 22.9 Å². The molecule has 31 heavy (non-hydrogen) atoms. The molecule has 0 spiro atoms. The fourth-order valence-electron chi connectivity index (χ4n) is 4.20. The van der Waals surface area contributed by atoms with Crippen molar-refractivity contribution in [2.24, 2.45) is 0 Å². The molecule has 0 atom stereocenters. The van der Waals surface area contributed by atoms with Gasteiger partial charge in [-0.25, -0.2) is 0 Å². The van der Waals surface area contributed by atoms with Gasteiger partial charge >= 0.3 is 7.12 Å². The summed E-state index contributed by atoms with van der Waals surface area (Å²) in [6, 6.07) is 12.1. The fraction of sp³-hybridized carbons (Fsp3) is 0.364. The number of hydrogen-bond donors (Lipinski definition) is 0. The third-order valence-electron chi connectivity index (χ3n) is 5.32. The molecule has 2 heterocycles. The third-order valence-corrected chi connectivity index (χ3v) is 6.94. The number of nitriles is 1. The SMILES string of the molecule is Cc1ccc(S(=O)(=O)n2ncc3c(C#N)cc(B4OC(C)(C)CC(C)(C)O4)cc32)cc1. The minimum Gasteiger partial charge on any atom is -0.402 e. The number of fused-ring (bicyclic) bond motifs is 1. The molecule has 9 heteroatoms. The molecule has 0 aliphatic carbocycles. The summed E-state index contributed by atoms with van der Waals surface area (Å²) in [6.45, 7) is 9.83. The average Bonchev–Trinajstić information content (AvgIpc) is 3.10. The van der Waals surface area contributed by atoms with E-state index in [1.807, 2.05) is 34.6 Å². The summed E-state index contributed by atoms with van der Waals surface area (Å²) in [5.74, 6) is 0. The Kier molecular flexibility index (Phi) is 5.00. The van der Waals surface area contributed by atoms with Crippen LogP contribution in [0, 0.1) is 18.3 Å². The summed E-state index contributed by atoms with van der Waals surface area (Å²) < 4.78 is 39.8. The van der Waals surface area contributed by atoms with Crippen LogP contribution in [0.4, 0.5) is 0 Å². The van der Waals surface area contributed by atoms with Crippen LogP contribution < -0.4 is 5.46 Å². The topological polar surface area (TPSA) is 94.2 Å². The first kappa shape index (κ1) is 21.6. The van der Waals surface area contributed by atoms with Gasteiger partial charge < -0.3 is 9.31 Å². The van der Waals surface area contributed by atoms with Crippen molar-refractivity contribution in [1.29, 1.82) is 5.26 Å². The van der Waals surface area contributed by atoms with Crippen molar-refractivity contribution in [1.82, 2.24) is 9.19 Å². The molecule has 0 radical (unpaired) electrons. The normalized spacial score (nSPS) is 18.1. The van der Waals surface area contributed by atoms with Crippen LogP contribution in [0.5, 0.6) is 0 Å². The maximum atomic E-state index is 13.3. The number of rotatable bonds is 3. The van der Waals surface area contributed by atoms with Gasteiger partial charge in [0.1, 0.15) is 0 Å². The van der Waals surface area contributed by atoms with E-state index in [9.17, 15) is 13.7 Å². The lowest BCUT2D eigenvalue weighted by Gasteiger charge is -2.44. The summed E-state index contributed by atoms with van der Waals surface area (Å²) in [7, 11) is -4.68. The average molecular weight is 437 g/mol. The summed E-state index contributed by atoms with van der Waals surface area (Å²) in [5, 5.41) is 14.3. The van der Waals surface area contributed by atoms with E-state index in [2.05, 4.69) is 11.2 Å².